The highest BCUT2D eigenvalue weighted by molar-refractivity contribution is 6.32. The number of nitrogens with one attached hydrogen (secondary N) is 1. The number of halogens is 1. The van der Waals surface area contributed by atoms with Gasteiger partial charge in [-0.2, -0.15) is 0 Å². The lowest BCUT2D eigenvalue weighted by atomic mass is 9.99. The monoisotopic (exact) mass is 340 g/mol. The molecule has 2 unspecified atom stereocenters. The molecule has 2 N–H and O–H groups in total. The Balaban J connectivity index is 2.03. The molecule has 0 radical (unpaired) electrons. The standard InChI is InChI=1S/C16H21ClN2O4/c1-3-9(2)13(16(21)22)19-14(20)11-6-12(17)15(18-7-11)23-8-10-4-5-10/h6-7,9-10,13H,3-5,8H2,1-2H3,(H,19,20)(H,21,22). The van der Waals surface area contributed by atoms with E-state index >= 15 is 0 Å². The molecule has 0 bridgehead atoms. The summed E-state index contributed by atoms with van der Waals surface area (Å²) in [6.07, 6.45) is 4.30. The van der Waals surface area contributed by atoms with Gasteiger partial charge in [0.05, 0.1) is 12.2 Å². The van der Waals surface area contributed by atoms with Crippen LogP contribution in [-0.2, 0) is 4.79 Å². The molecule has 7 heteroatoms. The van der Waals surface area contributed by atoms with Crippen LogP contribution in [0.4, 0.5) is 0 Å². The summed E-state index contributed by atoms with van der Waals surface area (Å²) in [4.78, 5) is 27.5. The first-order valence-corrected chi connectivity index (χ1v) is 8.12. The van der Waals surface area contributed by atoms with E-state index in [9.17, 15) is 14.7 Å². The summed E-state index contributed by atoms with van der Waals surface area (Å²) in [6.45, 7) is 4.23. The Morgan fingerprint density at radius 1 is 1.52 bits per heavy atom. The second-order valence-corrected chi connectivity index (χ2v) is 6.35. The van der Waals surface area contributed by atoms with Gasteiger partial charge in [-0.3, -0.25) is 4.79 Å². The molecule has 1 aromatic rings. The Hall–Kier alpha value is -1.82. The van der Waals surface area contributed by atoms with Crippen LogP contribution in [0.1, 0.15) is 43.5 Å². The summed E-state index contributed by atoms with van der Waals surface area (Å²) >= 11 is 6.08. The highest BCUT2D eigenvalue weighted by Crippen LogP contribution is 2.31. The molecular weight excluding hydrogens is 320 g/mol. The van der Waals surface area contributed by atoms with Crippen molar-refractivity contribution in [3.63, 3.8) is 0 Å². The summed E-state index contributed by atoms with van der Waals surface area (Å²) in [7, 11) is 0. The van der Waals surface area contributed by atoms with Gasteiger partial charge >= 0.3 is 5.97 Å². The normalized spacial score (nSPS) is 16.5. The number of hydrogen-bond donors (Lipinski definition) is 2. The molecule has 1 saturated carbocycles. The van der Waals surface area contributed by atoms with Crippen molar-refractivity contribution in [1.82, 2.24) is 10.3 Å². The molecular formula is C16H21ClN2O4. The molecule has 1 heterocycles. The Kier molecular flexibility index (Phi) is 5.82. The molecule has 0 saturated heterocycles. The van der Waals surface area contributed by atoms with Crippen molar-refractivity contribution in [1.29, 1.82) is 0 Å². The molecule has 0 spiro atoms. The quantitative estimate of drug-likeness (QED) is 0.759. The van der Waals surface area contributed by atoms with Crippen molar-refractivity contribution in [2.45, 2.75) is 39.2 Å². The van der Waals surface area contributed by atoms with Crippen LogP contribution in [0.5, 0.6) is 5.88 Å². The molecule has 2 rings (SSSR count). The molecule has 126 valence electrons. The maximum Gasteiger partial charge on any atom is 0.326 e. The molecule has 1 aliphatic rings. The first-order chi connectivity index (χ1) is 10.9. The number of hydrogen-bond acceptors (Lipinski definition) is 4. The van der Waals surface area contributed by atoms with Crippen LogP contribution in [0, 0.1) is 11.8 Å². The van der Waals surface area contributed by atoms with E-state index in [1.807, 2.05) is 6.92 Å². The van der Waals surface area contributed by atoms with Gasteiger partial charge in [0.15, 0.2) is 0 Å². The number of carboxylic acid groups (broad SMARTS) is 1. The second kappa shape index (κ2) is 7.64. The first kappa shape index (κ1) is 17.5. The Labute approximate surface area is 140 Å². The fourth-order valence-corrected chi connectivity index (χ4v) is 2.27. The molecule has 1 aliphatic carbocycles. The zero-order valence-electron chi connectivity index (χ0n) is 13.2. The van der Waals surface area contributed by atoms with E-state index in [0.717, 1.165) is 12.8 Å². The molecule has 1 amide bonds. The van der Waals surface area contributed by atoms with E-state index < -0.39 is 17.9 Å². The predicted octanol–water partition coefficient (Wildman–Crippen LogP) is 2.75. The van der Waals surface area contributed by atoms with E-state index in [2.05, 4.69) is 10.3 Å². The number of aromatic nitrogens is 1. The van der Waals surface area contributed by atoms with Crippen molar-refractivity contribution in [2.24, 2.45) is 11.8 Å². The van der Waals surface area contributed by atoms with Crippen LogP contribution in [0.15, 0.2) is 12.3 Å². The predicted molar refractivity (Wildman–Crippen MR) is 85.8 cm³/mol. The molecule has 2 atom stereocenters. The number of amides is 1. The van der Waals surface area contributed by atoms with Crippen LogP contribution in [-0.4, -0.2) is 34.6 Å². The topological polar surface area (TPSA) is 88.5 Å². The highest BCUT2D eigenvalue weighted by Gasteiger charge is 2.26. The number of nitrogens with zero attached hydrogens (tertiary/aromatic N) is 1. The molecule has 6 nitrogen and oxygen atoms in total. The van der Waals surface area contributed by atoms with E-state index in [1.54, 1.807) is 6.92 Å². The molecule has 1 aromatic heterocycles. The number of carbonyl (C=O) groups is 2. The van der Waals surface area contributed by atoms with Gasteiger partial charge in [0, 0.05) is 6.20 Å². The minimum atomic E-state index is -1.06. The zero-order chi connectivity index (χ0) is 17.0. The molecule has 23 heavy (non-hydrogen) atoms. The van der Waals surface area contributed by atoms with E-state index in [4.69, 9.17) is 16.3 Å². The summed E-state index contributed by atoms with van der Waals surface area (Å²) in [5.74, 6) is -0.882. The van der Waals surface area contributed by atoms with Crippen molar-refractivity contribution in [3.8, 4) is 5.88 Å². The average molecular weight is 341 g/mol. The largest absolute Gasteiger partial charge is 0.480 e. The Morgan fingerprint density at radius 3 is 2.74 bits per heavy atom. The van der Waals surface area contributed by atoms with Crippen LogP contribution < -0.4 is 10.1 Å². The van der Waals surface area contributed by atoms with Gasteiger partial charge in [0.25, 0.3) is 5.91 Å². The number of carboxylic acids is 1. The van der Waals surface area contributed by atoms with Gasteiger partial charge in [-0.05, 0) is 30.7 Å². The van der Waals surface area contributed by atoms with Crippen molar-refractivity contribution >= 4 is 23.5 Å². The lowest BCUT2D eigenvalue weighted by molar-refractivity contribution is -0.140. The van der Waals surface area contributed by atoms with Gasteiger partial charge in [0.2, 0.25) is 5.88 Å². The third-order valence-electron chi connectivity index (χ3n) is 3.99. The van der Waals surface area contributed by atoms with Crippen LogP contribution in [0.3, 0.4) is 0 Å². The Morgan fingerprint density at radius 2 is 2.22 bits per heavy atom. The Bertz CT molecular complexity index is 589. The number of aliphatic carboxylic acids is 1. The minimum Gasteiger partial charge on any atom is -0.480 e. The fraction of sp³-hybridized carbons (Fsp3) is 0.562. The fourth-order valence-electron chi connectivity index (χ4n) is 2.04. The van der Waals surface area contributed by atoms with Gasteiger partial charge in [0.1, 0.15) is 11.1 Å². The zero-order valence-corrected chi connectivity index (χ0v) is 14.0. The van der Waals surface area contributed by atoms with Crippen molar-refractivity contribution in [2.75, 3.05) is 6.61 Å². The van der Waals surface area contributed by atoms with Gasteiger partial charge in [-0.1, -0.05) is 31.9 Å². The second-order valence-electron chi connectivity index (χ2n) is 5.94. The minimum absolute atomic E-state index is 0.180. The molecule has 0 aromatic carbocycles. The first-order valence-electron chi connectivity index (χ1n) is 7.74. The van der Waals surface area contributed by atoms with Crippen molar-refractivity contribution in [3.05, 3.63) is 22.8 Å². The molecule has 1 fully saturated rings. The third-order valence-corrected chi connectivity index (χ3v) is 4.26. The van der Waals surface area contributed by atoms with Gasteiger partial charge in [-0.25, -0.2) is 9.78 Å². The van der Waals surface area contributed by atoms with Gasteiger partial charge < -0.3 is 15.2 Å². The maximum atomic E-state index is 12.2. The maximum absolute atomic E-state index is 12.2. The van der Waals surface area contributed by atoms with E-state index in [1.165, 1.54) is 12.3 Å². The SMILES string of the molecule is CCC(C)C(NC(=O)c1cnc(OCC2CC2)c(Cl)c1)C(=O)O. The average Bonchev–Trinajstić information content (AvgIpc) is 3.34. The summed E-state index contributed by atoms with van der Waals surface area (Å²) in [5, 5.41) is 12.0. The summed E-state index contributed by atoms with van der Waals surface area (Å²) in [6, 6.07) is 0.499. The van der Waals surface area contributed by atoms with Crippen LogP contribution >= 0.6 is 11.6 Å². The molecule has 0 aliphatic heterocycles. The van der Waals surface area contributed by atoms with E-state index in [0.29, 0.717) is 24.8 Å². The van der Waals surface area contributed by atoms with Crippen LogP contribution in [0.2, 0.25) is 5.02 Å². The smallest absolute Gasteiger partial charge is 0.326 e. The lowest BCUT2D eigenvalue weighted by Gasteiger charge is -2.20. The van der Waals surface area contributed by atoms with Crippen LogP contribution in [0.25, 0.3) is 0 Å². The summed E-state index contributed by atoms with van der Waals surface area (Å²) in [5.41, 5.74) is 0.211. The number of pyridine rings is 1. The lowest BCUT2D eigenvalue weighted by Crippen LogP contribution is -2.45. The highest BCUT2D eigenvalue weighted by atomic mass is 35.5. The van der Waals surface area contributed by atoms with Gasteiger partial charge in [-0.15, -0.1) is 0 Å². The van der Waals surface area contributed by atoms with E-state index in [-0.39, 0.29) is 16.5 Å². The van der Waals surface area contributed by atoms with Crippen molar-refractivity contribution < 1.29 is 19.4 Å². The number of ether oxygens (including phenoxy) is 1. The number of rotatable bonds is 8. The summed E-state index contributed by atoms with van der Waals surface area (Å²) < 4.78 is 5.50. The number of carbonyl (C=O) groups excluding carboxylic acids is 1. The third kappa shape index (κ3) is 4.82.